The monoisotopic (exact) mass is 189 g/mol. The Morgan fingerprint density at radius 3 is 2.23 bits per heavy atom. The van der Waals surface area contributed by atoms with Crippen LogP contribution in [0.5, 0.6) is 0 Å². The van der Waals surface area contributed by atoms with Crippen LogP contribution in [0.25, 0.3) is 0 Å². The summed E-state index contributed by atoms with van der Waals surface area (Å²) >= 11 is 0. The van der Waals surface area contributed by atoms with Crippen molar-refractivity contribution in [3.05, 3.63) is 0 Å². The van der Waals surface area contributed by atoms with Crippen LogP contribution in [0.2, 0.25) is 0 Å². The van der Waals surface area contributed by atoms with E-state index >= 15 is 0 Å². The van der Waals surface area contributed by atoms with Crippen LogP contribution in [0.4, 0.5) is 0 Å². The van der Waals surface area contributed by atoms with E-state index in [0.29, 0.717) is 0 Å². The molecule has 0 aliphatic heterocycles. The molecule has 0 aromatic heterocycles. The molecule has 0 unspecified atom stereocenters. The molecule has 0 atom stereocenters. The quantitative estimate of drug-likeness (QED) is 0.679. The molecule has 0 amide bonds. The van der Waals surface area contributed by atoms with Crippen LogP contribution in [-0.4, -0.2) is 48.5 Å². The van der Waals surface area contributed by atoms with E-state index in [1.165, 1.54) is 0 Å². The SMILES string of the molecule is CCN(CCO)CCOC(C)(C)C. The van der Waals surface area contributed by atoms with Crippen molar-refractivity contribution in [2.24, 2.45) is 0 Å². The minimum absolute atomic E-state index is 0.0569. The molecule has 0 heterocycles. The number of aliphatic hydroxyl groups excluding tert-OH is 1. The summed E-state index contributed by atoms with van der Waals surface area (Å²) in [5.74, 6) is 0. The van der Waals surface area contributed by atoms with Crippen molar-refractivity contribution in [3.8, 4) is 0 Å². The molecule has 13 heavy (non-hydrogen) atoms. The predicted octanol–water partition coefficient (Wildman–Crippen LogP) is 1.12. The number of hydrogen-bond donors (Lipinski definition) is 1. The van der Waals surface area contributed by atoms with Crippen molar-refractivity contribution in [1.82, 2.24) is 4.90 Å². The zero-order valence-electron chi connectivity index (χ0n) is 9.34. The predicted molar refractivity (Wildman–Crippen MR) is 54.9 cm³/mol. The average Bonchev–Trinajstić information content (AvgIpc) is 2.01. The highest BCUT2D eigenvalue weighted by atomic mass is 16.5. The van der Waals surface area contributed by atoms with Crippen molar-refractivity contribution in [2.45, 2.75) is 33.3 Å². The Balaban J connectivity index is 3.49. The first-order valence-electron chi connectivity index (χ1n) is 4.96. The number of ether oxygens (including phenoxy) is 1. The molecular weight excluding hydrogens is 166 g/mol. The molecule has 0 radical (unpaired) electrons. The van der Waals surface area contributed by atoms with Crippen molar-refractivity contribution in [1.29, 1.82) is 0 Å². The van der Waals surface area contributed by atoms with Gasteiger partial charge in [0.05, 0.1) is 18.8 Å². The van der Waals surface area contributed by atoms with Gasteiger partial charge in [0.15, 0.2) is 0 Å². The number of nitrogens with zero attached hydrogens (tertiary/aromatic N) is 1. The van der Waals surface area contributed by atoms with Gasteiger partial charge in [-0.15, -0.1) is 0 Å². The molecule has 80 valence electrons. The van der Waals surface area contributed by atoms with Gasteiger partial charge in [0.2, 0.25) is 0 Å². The minimum atomic E-state index is -0.0569. The standard InChI is InChI=1S/C10H23NO2/c1-5-11(6-8-12)7-9-13-10(2,3)4/h12H,5-9H2,1-4H3. The lowest BCUT2D eigenvalue weighted by atomic mass is 10.2. The van der Waals surface area contributed by atoms with E-state index in [4.69, 9.17) is 9.84 Å². The summed E-state index contributed by atoms with van der Waals surface area (Å²) in [5.41, 5.74) is -0.0569. The topological polar surface area (TPSA) is 32.7 Å². The zero-order chi connectivity index (χ0) is 10.3. The molecule has 3 heteroatoms. The molecule has 3 nitrogen and oxygen atoms in total. The molecule has 0 aliphatic carbocycles. The molecule has 0 aromatic rings. The first-order valence-corrected chi connectivity index (χ1v) is 4.96. The second-order valence-electron chi connectivity index (χ2n) is 4.12. The van der Waals surface area contributed by atoms with Gasteiger partial charge in [0.1, 0.15) is 0 Å². The highest BCUT2D eigenvalue weighted by molar-refractivity contribution is 4.60. The molecule has 0 spiro atoms. The number of likely N-dealkylation sites (N-methyl/N-ethyl adjacent to an activating group) is 1. The fourth-order valence-corrected chi connectivity index (χ4v) is 1.05. The lowest BCUT2D eigenvalue weighted by Crippen LogP contribution is -2.32. The number of rotatable bonds is 6. The van der Waals surface area contributed by atoms with Gasteiger partial charge in [-0.2, -0.15) is 0 Å². The maximum absolute atomic E-state index is 8.74. The Bertz CT molecular complexity index is 121. The van der Waals surface area contributed by atoms with E-state index < -0.39 is 0 Å². The van der Waals surface area contributed by atoms with Crippen LogP contribution in [0, 0.1) is 0 Å². The highest BCUT2D eigenvalue weighted by Gasteiger charge is 2.10. The van der Waals surface area contributed by atoms with Gasteiger partial charge in [0, 0.05) is 13.1 Å². The molecule has 1 N–H and O–H groups in total. The fourth-order valence-electron chi connectivity index (χ4n) is 1.05. The van der Waals surface area contributed by atoms with Gasteiger partial charge >= 0.3 is 0 Å². The van der Waals surface area contributed by atoms with E-state index in [0.717, 1.165) is 26.2 Å². The van der Waals surface area contributed by atoms with E-state index in [9.17, 15) is 0 Å². The molecule has 0 fully saturated rings. The van der Waals surface area contributed by atoms with Crippen LogP contribution in [0.3, 0.4) is 0 Å². The van der Waals surface area contributed by atoms with Crippen molar-refractivity contribution in [3.63, 3.8) is 0 Å². The fraction of sp³-hybridized carbons (Fsp3) is 1.00. The Morgan fingerprint density at radius 1 is 1.23 bits per heavy atom. The third-order valence-electron chi connectivity index (χ3n) is 1.81. The maximum atomic E-state index is 8.74. The third-order valence-corrected chi connectivity index (χ3v) is 1.81. The van der Waals surface area contributed by atoms with Crippen LogP contribution in [0.15, 0.2) is 0 Å². The highest BCUT2D eigenvalue weighted by Crippen LogP contribution is 2.05. The zero-order valence-corrected chi connectivity index (χ0v) is 9.34. The molecule has 0 aromatic carbocycles. The molecule has 0 rings (SSSR count). The molecular formula is C10H23NO2. The molecule has 0 bridgehead atoms. The van der Waals surface area contributed by atoms with Crippen molar-refractivity contribution >= 4 is 0 Å². The summed E-state index contributed by atoms with van der Waals surface area (Å²) in [7, 11) is 0. The Labute approximate surface area is 81.7 Å². The summed E-state index contributed by atoms with van der Waals surface area (Å²) < 4.78 is 5.58. The van der Waals surface area contributed by atoms with E-state index in [1.54, 1.807) is 0 Å². The van der Waals surface area contributed by atoms with Crippen LogP contribution >= 0.6 is 0 Å². The summed E-state index contributed by atoms with van der Waals surface area (Å²) in [6.07, 6.45) is 0. The number of hydrogen-bond acceptors (Lipinski definition) is 3. The van der Waals surface area contributed by atoms with E-state index in [2.05, 4.69) is 32.6 Å². The van der Waals surface area contributed by atoms with E-state index in [1.807, 2.05) is 0 Å². The second-order valence-corrected chi connectivity index (χ2v) is 4.12. The third kappa shape index (κ3) is 8.22. The first kappa shape index (κ1) is 12.9. The lowest BCUT2D eigenvalue weighted by molar-refractivity contribution is -0.0137. The second kappa shape index (κ2) is 6.35. The smallest absolute Gasteiger partial charge is 0.0600 e. The number of aliphatic hydroxyl groups is 1. The minimum Gasteiger partial charge on any atom is -0.395 e. The maximum Gasteiger partial charge on any atom is 0.0600 e. The first-order chi connectivity index (χ1) is 5.99. The van der Waals surface area contributed by atoms with Gasteiger partial charge in [-0.1, -0.05) is 6.92 Å². The van der Waals surface area contributed by atoms with Crippen LogP contribution < -0.4 is 0 Å². The molecule has 0 saturated heterocycles. The summed E-state index contributed by atoms with van der Waals surface area (Å²) in [4.78, 5) is 2.17. The van der Waals surface area contributed by atoms with Crippen molar-refractivity contribution < 1.29 is 9.84 Å². The van der Waals surface area contributed by atoms with Gasteiger partial charge in [-0.05, 0) is 27.3 Å². The molecule has 0 saturated carbocycles. The van der Waals surface area contributed by atoms with Gasteiger partial charge in [-0.3, -0.25) is 4.90 Å². The summed E-state index contributed by atoms with van der Waals surface area (Å²) in [5, 5.41) is 8.74. The Morgan fingerprint density at radius 2 is 1.85 bits per heavy atom. The Kier molecular flexibility index (Phi) is 6.29. The van der Waals surface area contributed by atoms with Gasteiger partial charge in [-0.25, -0.2) is 0 Å². The van der Waals surface area contributed by atoms with E-state index in [-0.39, 0.29) is 12.2 Å². The summed E-state index contributed by atoms with van der Waals surface area (Å²) in [6, 6.07) is 0. The lowest BCUT2D eigenvalue weighted by Gasteiger charge is -2.23. The Hall–Kier alpha value is -0.120. The van der Waals surface area contributed by atoms with Crippen molar-refractivity contribution in [2.75, 3.05) is 32.8 Å². The average molecular weight is 189 g/mol. The largest absolute Gasteiger partial charge is 0.395 e. The van der Waals surface area contributed by atoms with Crippen LogP contribution in [0.1, 0.15) is 27.7 Å². The normalized spacial score (nSPS) is 12.5. The summed E-state index contributed by atoms with van der Waals surface area (Å²) in [6.45, 7) is 11.8. The van der Waals surface area contributed by atoms with Gasteiger partial charge in [0.25, 0.3) is 0 Å². The molecule has 0 aliphatic rings. The van der Waals surface area contributed by atoms with Gasteiger partial charge < -0.3 is 9.84 Å². The van der Waals surface area contributed by atoms with Crippen LogP contribution in [-0.2, 0) is 4.74 Å².